The van der Waals surface area contributed by atoms with Gasteiger partial charge in [0.1, 0.15) is 0 Å². The van der Waals surface area contributed by atoms with Gasteiger partial charge in [0.25, 0.3) is 0 Å². The van der Waals surface area contributed by atoms with Crippen molar-refractivity contribution in [2.24, 2.45) is 11.8 Å². The van der Waals surface area contributed by atoms with Gasteiger partial charge in [-0.05, 0) is 37.6 Å². The predicted octanol–water partition coefficient (Wildman–Crippen LogP) is 3.10. The third kappa shape index (κ3) is 4.26. The monoisotopic (exact) mass is 239 g/mol. The van der Waals surface area contributed by atoms with Gasteiger partial charge in [0.15, 0.2) is 0 Å². The lowest BCUT2D eigenvalue weighted by Crippen LogP contribution is -2.42. The molecule has 0 unspecified atom stereocenters. The molecule has 2 aliphatic rings. The number of nitrogens with one attached hydrogen (secondary N) is 1. The van der Waals surface area contributed by atoms with Crippen LogP contribution in [0.5, 0.6) is 0 Å². The average Bonchev–Trinajstić information content (AvgIpc) is 2.34. The summed E-state index contributed by atoms with van der Waals surface area (Å²) in [6.07, 6.45) is 11.6. The Morgan fingerprint density at radius 3 is 2.41 bits per heavy atom. The number of hydrogen-bond acceptors (Lipinski definition) is 2. The van der Waals surface area contributed by atoms with Crippen LogP contribution in [-0.4, -0.2) is 23.8 Å². The summed E-state index contributed by atoms with van der Waals surface area (Å²) in [6.45, 7) is 3.49. The summed E-state index contributed by atoms with van der Waals surface area (Å²) in [5.74, 6) is 1.90. The molecule has 0 heterocycles. The van der Waals surface area contributed by atoms with Gasteiger partial charge in [-0.15, -0.1) is 0 Å². The zero-order valence-electron chi connectivity index (χ0n) is 11.3. The first-order valence-electron chi connectivity index (χ1n) is 7.67. The van der Waals surface area contributed by atoms with Crippen molar-refractivity contribution in [2.45, 2.75) is 76.9 Å². The molecule has 0 radical (unpaired) electrons. The van der Waals surface area contributed by atoms with E-state index in [1.54, 1.807) is 0 Å². The highest BCUT2D eigenvalue weighted by molar-refractivity contribution is 4.81. The second-order valence-corrected chi connectivity index (χ2v) is 6.33. The molecular formula is C15H29NO. The van der Waals surface area contributed by atoms with Gasteiger partial charge in [0.05, 0.1) is 6.10 Å². The summed E-state index contributed by atoms with van der Waals surface area (Å²) in [4.78, 5) is 0. The van der Waals surface area contributed by atoms with Crippen molar-refractivity contribution in [3.63, 3.8) is 0 Å². The molecule has 0 amide bonds. The summed E-state index contributed by atoms with van der Waals surface area (Å²) in [7, 11) is 0. The van der Waals surface area contributed by atoms with Crippen LogP contribution in [0, 0.1) is 11.8 Å². The van der Waals surface area contributed by atoms with Crippen molar-refractivity contribution in [3.8, 4) is 0 Å². The first kappa shape index (κ1) is 13.4. The van der Waals surface area contributed by atoms with E-state index in [1.165, 1.54) is 51.4 Å². The van der Waals surface area contributed by atoms with Crippen LogP contribution in [0.1, 0.15) is 64.7 Å². The molecule has 17 heavy (non-hydrogen) atoms. The topological polar surface area (TPSA) is 32.3 Å². The second-order valence-electron chi connectivity index (χ2n) is 6.33. The summed E-state index contributed by atoms with van der Waals surface area (Å²) in [6, 6.07) is 0.381. The molecule has 2 rings (SSSR count). The van der Waals surface area contributed by atoms with E-state index in [1.807, 2.05) is 0 Å². The Morgan fingerprint density at radius 1 is 1.00 bits per heavy atom. The molecule has 2 heteroatoms. The van der Waals surface area contributed by atoms with Gasteiger partial charge < -0.3 is 10.4 Å². The lowest BCUT2D eigenvalue weighted by molar-refractivity contribution is 0.0898. The summed E-state index contributed by atoms with van der Waals surface area (Å²) in [5.41, 5.74) is 0. The number of aliphatic hydroxyl groups excluding tert-OH is 1. The zero-order chi connectivity index (χ0) is 12.1. The van der Waals surface area contributed by atoms with E-state index in [9.17, 15) is 5.11 Å². The van der Waals surface area contributed by atoms with Crippen molar-refractivity contribution in [1.29, 1.82) is 0 Å². The molecule has 0 aromatic carbocycles. The molecule has 2 N–H and O–H groups in total. The Balaban J connectivity index is 1.59. The van der Waals surface area contributed by atoms with Gasteiger partial charge in [0, 0.05) is 6.04 Å². The van der Waals surface area contributed by atoms with Crippen LogP contribution < -0.4 is 5.32 Å². The number of aliphatic hydroxyl groups is 1. The van der Waals surface area contributed by atoms with Crippen molar-refractivity contribution < 1.29 is 5.11 Å². The fraction of sp³-hybridized carbons (Fsp3) is 1.00. The molecular weight excluding hydrogens is 210 g/mol. The highest BCUT2D eigenvalue weighted by Gasteiger charge is 2.23. The summed E-state index contributed by atoms with van der Waals surface area (Å²) in [5, 5.41) is 13.5. The minimum Gasteiger partial charge on any atom is -0.392 e. The molecule has 2 saturated carbocycles. The van der Waals surface area contributed by atoms with Crippen LogP contribution in [0.25, 0.3) is 0 Å². The van der Waals surface area contributed by atoms with Gasteiger partial charge >= 0.3 is 0 Å². The standard InChI is InChI=1S/C15H29NO/c1-12-6-8-13(9-7-12)10-11-16-14-4-2-3-5-15(14)17/h12-17H,2-11H2,1H3/t12?,13?,14-,15-/m0/s1. The molecule has 0 aliphatic heterocycles. The van der Waals surface area contributed by atoms with Crippen molar-refractivity contribution in [1.82, 2.24) is 5.32 Å². The summed E-state index contributed by atoms with van der Waals surface area (Å²) >= 11 is 0. The molecule has 0 saturated heterocycles. The van der Waals surface area contributed by atoms with E-state index in [-0.39, 0.29) is 6.10 Å². The molecule has 0 bridgehead atoms. The first-order chi connectivity index (χ1) is 8.25. The Kier molecular flexibility index (Phi) is 5.30. The van der Waals surface area contributed by atoms with E-state index in [4.69, 9.17) is 0 Å². The lowest BCUT2D eigenvalue weighted by atomic mass is 9.81. The normalized spacial score (nSPS) is 39.2. The van der Waals surface area contributed by atoms with Crippen molar-refractivity contribution >= 4 is 0 Å². The Bertz CT molecular complexity index is 211. The Hall–Kier alpha value is -0.0800. The van der Waals surface area contributed by atoms with Gasteiger partial charge in [-0.25, -0.2) is 0 Å². The van der Waals surface area contributed by atoms with Gasteiger partial charge in [-0.1, -0.05) is 45.4 Å². The van der Waals surface area contributed by atoms with Gasteiger partial charge in [-0.3, -0.25) is 0 Å². The number of rotatable bonds is 4. The molecule has 0 aromatic rings. The van der Waals surface area contributed by atoms with Crippen LogP contribution in [-0.2, 0) is 0 Å². The highest BCUT2D eigenvalue weighted by atomic mass is 16.3. The molecule has 100 valence electrons. The number of hydrogen-bond donors (Lipinski definition) is 2. The molecule has 2 fully saturated rings. The van der Waals surface area contributed by atoms with E-state index in [0.717, 1.165) is 24.8 Å². The van der Waals surface area contributed by atoms with Crippen LogP contribution in [0.15, 0.2) is 0 Å². The van der Waals surface area contributed by atoms with Crippen LogP contribution in [0.4, 0.5) is 0 Å². The van der Waals surface area contributed by atoms with Crippen LogP contribution in [0.2, 0.25) is 0 Å². The van der Waals surface area contributed by atoms with Crippen LogP contribution in [0.3, 0.4) is 0 Å². The first-order valence-corrected chi connectivity index (χ1v) is 7.67. The third-order valence-electron chi connectivity index (χ3n) is 4.82. The molecule has 2 aliphatic carbocycles. The molecule has 0 aromatic heterocycles. The largest absolute Gasteiger partial charge is 0.392 e. The van der Waals surface area contributed by atoms with E-state index >= 15 is 0 Å². The maximum atomic E-state index is 9.88. The molecule has 2 nitrogen and oxygen atoms in total. The second kappa shape index (κ2) is 6.75. The van der Waals surface area contributed by atoms with E-state index in [0.29, 0.717) is 6.04 Å². The minimum absolute atomic E-state index is 0.0878. The van der Waals surface area contributed by atoms with E-state index in [2.05, 4.69) is 12.2 Å². The fourth-order valence-electron chi connectivity index (χ4n) is 3.44. The van der Waals surface area contributed by atoms with Gasteiger partial charge in [0.2, 0.25) is 0 Å². The zero-order valence-corrected chi connectivity index (χ0v) is 11.3. The summed E-state index contributed by atoms with van der Waals surface area (Å²) < 4.78 is 0. The minimum atomic E-state index is -0.0878. The lowest BCUT2D eigenvalue weighted by Gasteiger charge is -2.30. The van der Waals surface area contributed by atoms with Crippen LogP contribution >= 0.6 is 0 Å². The Labute approximate surface area is 106 Å². The smallest absolute Gasteiger partial charge is 0.0693 e. The predicted molar refractivity (Wildman–Crippen MR) is 72.0 cm³/mol. The molecule has 0 spiro atoms. The van der Waals surface area contributed by atoms with E-state index < -0.39 is 0 Å². The third-order valence-corrected chi connectivity index (χ3v) is 4.82. The van der Waals surface area contributed by atoms with Crippen molar-refractivity contribution in [2.75, 3.05) is 6.54 Å². The highest BCUT2D eigenvalue weighted by Crippen LogP contribution is 2.30. The van der Waals surface area contributed by atoms with Gasteiger partial charge in [-0.2, -0.15) is 0 Å². The fourth-order valence-corrected chi connectivity index (χ4v) is 3.44. The maximum Gasteiger partial charge on any atom is 0.0693 e. The van der Waals surface area contributed by atoms with Crippen molar-refractivity contribution in [3.05, 3.63) is 0 Å². The SMILES string of the molecule is CC1CCC(CCN[C@H]2CCCC[C@@H]2O)CC1. The Morgan fingerprint density at radius 2 is 1.71 bits per heavy atom. The molecule has 2 atom stereocenters. The maximum absolute atomic E-state index is 9.88. The average molecular weight is 239 g/mol. The quantitative estimate of drug-likeness (QED) is 0.790.